The molecule has 2 amide bonds. The molecule has 7 heteroatoms. The third-order valence-corrected chi connectivity index (χ3v) is 4.05. The van der Waals surface area contributed by atoms with Crippen LogP contribution in [0.4, 0.5) is 0 Å². The lowest BCUT2D eigenvalue weighted by Gasteiger charge is -2.09. The summed E-state index contributed by atoms with van der Waals surface area (Å²) in [5.74, 6) is -0.0624. The van der Waals surface area contributed by atoms with Gasteiger partial charge in [-0.3, -0.25) is 14.4 Å². The first-order valence-electron chi connectivity index (χ1n) is 8.37. The van der Waals surface area contributed by atoms with Gasteiger partial charge in [0.1, 0.15) is 5.75 Å². The summed E-state index contributed by atoms with van der Waals surface area (Å²) in [7, 11) is 1.59. The van der Waals surface area contributed by atoms with Crippen LogP contribution in [0.1, 0.15) is 15.9 Å². The zero-order valence-corrected chi connectivity index (χ0v) is 14.7. The van der Waals surface area contributed by atoms with Gasteiger partial charge in [0.2, 0.25) is 11.5 Å². The predicted molar refractivity (Wildman–Crippen MR) is 102 cm³/mol. The molecule has 0 atom stereocenters. The Balaban J connectivity index is 1.59. The molecular weight excluding hydrogens is 346 g/mol. The van der Waals surface area contributed by atoms with Crippen LogP contribution in [0.25, 0.3) is 10.9 Å². The highest BCUT2D eigenvalue weighted by atomic mass is 16.5. The normalized spacial score (nSPS) is 10.4. The second kappa shape index (κ2) is 8.18. The number of benzene rings is 2. The Kier molecular flexibility index (Phi) is 5.51. The number of carbonyl (C=O) groups excluding carboxylic acids is 2. The molecule has 138 valence electrons. The second-order valence-corrected chi connectivity index (χ2v) is 5.90. The van der Waals surface area contributed by atoms with Crippen molar-refractivity contribution in [3.05, 3.63) is 76.1 Å². The van der Waals surface area contributed by atoms with E-state index in [1.807, 2.05) is 12.1 Å². The van der Waals surface area contributed by atoms with Crippen molar-refractivity contribution in [1.29, 1.82) is 0 Å². The minimum Gasteiger partial charge on any atom is -0.497 e. The maximum atomic E-state index is 12.4. The lowest BCUT2D eigenvalue weighted by Crippen LogP contribution is -2.37. The van der Waals surface area contributed by atoms with Crippen LogP contribution in [0.2, 0.25) is 0 Å². The standard InChI is InChI=1S/C20H19N3O4/c1-27-14-8-6-13(7-9-14)11-21-19(25)12-22-20(26)16-10-18(24)23-17-5-3-2-4-15(16)17/h2-10H,11-12H2,1H3,(H,21,25)(H,22,26)(H,23,24). The predicted octanol–water partition coefficient (Wildman–Crippen LogP) is 1.58. The molecule has 1 aromatic heterocycles. The third kappa shape index (κ3) is 4.52. The van der Waals surface area contributed by atoms with Crippen molar-refractivity contribution >= 4 is 22.7 Å². The number of nitrogens with one attached hydrogen (secondary N) is 3. The van der Waals surface area contributed by atoms with Gasteiger partial charge in [0.15, 0.2) is 0 Å². The Morgan fingerprint density at radius 1 is 1.04 bits per heavy atom. The van der Waals surface area contributed by atoms with E-state index in [9.17, 15) is 14.4 Å². The summed E-state index contributed by atoms with van der Waals surface area (Å²) in [6.07, 6.45) is 0. The van der Waals surface area contributed by atoms with E-state index < -0.39 is 5.91 Å². The molecule has 0 aliphatic carbocycles. The SMILES string of the molecule is COc1ccc(CNC(=O)CNC(=O)c2cc(=O)[nH]c3ccccc23)cc1. The summed E-state index contributed by atoms with van der Waals surface area (Å²) >= 11 is 0. The molecule has 0 unspecified atom stereocenters. The average Bonchev–Trinajstić information content (AvgIpc) is 2.70. The number of rotatable bonds is 6. The first-order chi connectivity index (χ1) is 13.1. The summed E-state index contributed by atoms with van der Waals surface area (Å²) in [5.41, 5.74) is 1.34. The zero-order chi connectivity index (χ0) is 19.2. The van der Waals surface area contributed by atoms with Crippen LogP contribution in [-0.2, 0) is 11.3 Å². The summed E-state index contributed by atoms with van der Waals surface area (Å²) < 4.78 is 5.08. The van der Waals surface area contributed by atoms with E-state index in [2.05, 4.69) is 15.6 Å². The van der Waals surface area contributed by atoms with Crippen molar-refractivity contribution in [2.24, 2.45) is 0 Å². The van der Waals surface area contributed by atoms with Crippen molar-refractivity contribution in [3.8, 4) is 5.75 Å². The number of carbonyl (C=O) groups is 2. The van der Waals surface area contributed by atoms with Crippen LogP contribution in [0, 0.1) is 0 Å². The van der Waals surface area contributed by atoms with Gasteiger partial charge in [-0.15, -0.1) is 0 Å². The number of hydrogen-bond donors (Lipinski definition) is 3. The number of amides is 2. The maximum absolute atomic E-state index is 12.4. The van der Waals surface area contributed by atoms with Crippen LogP contribution >= 0.6 is 0 Å². The minimum absolute atomic E-state index is 0.184. The number of aromatic amines is 1. The molecule has 3 N–H and O–H groups in total. The molecule has 3 aromatic rings. The Labute approximate surface area is 155 Å². The first kappa shape index (κ1) is 18.2. The summed E-state index contributed by atoms with van der Waals surface area (Å²) in [6.45, 7) is 0.156. The number of aromatic nitrogens is 1. The quantitative estimate of drug-likeness (QED) is 0.617. The number of H-pyrrole nitrogens is 1. The van der Waals surface area contributed by atoms with E-state index in [0.717, 1.165) is 11.3 Å². The summed E-state index contributed by atoms with van der Waals surface area (Å²) in [5, 5.41) is 5.90. The minimum atomic E-state index is -0.475. The molecule has 27 heavy (non-hydrogen) atoms. The van der Waals surface area contributed by atoms with E-state index in [1.54, 1.807) is 43.5 Å². The molecule has 0 aliphatic heterocycles. The van der Waals surface area contributed by atoms with Crippen LogP contribution in [-0.4, -0.2) is 30.5 Å². The molecular formula is C20H19N3O4. The first-order valence-corrected chi connectivity index (χ1v) is 8.37. The van der Waals surface area contributed by atoms with Crippen LogP contribution in [0.3, 0.4) is 0 Å². The topological polar surface area (TPSA) is 100 Å². The zero-order valence-electron chi connectivity index (χ0n) is 14.7. The fraction of sp³-hybridized carbons (Fsp3) is 0.150. The van der Waals surface area contributed by atoms with Gasteiger partial charge < -0.3 is 20.4 Å². The van der Waals surface area contributed by atoms with Crippen LogP contribution < -0.4 is 20.9 Å². The van der Waals surface area contributed by atoms with Crippen molar-refractivity contribution in [3.63, 3.8) is 0 Å². The highest BCUT2D eigenvalue weighted by molar-refractivity contribution is 6.06. The fourth-order valence-electron chi connectivity index (χ4n) is 2.65. The molecule has 1 heterocycles. The van der Waals surface area contributed by atoms with Gasteiger partial charge in [0.25, 0.3) is 5.91 Å². The van der Waals surface area contributed by atoms with Crippen molar-refractivity contribution < 1.29 is 14.3 Å². The number of para-hydroxylation sites is 1. The van der Waals surface area contributed by atoms with Crippen LogP contribution in [0.15, 0.2) is 59.4 Å². The van der Waals surface area contributed by atoms with E-state index in [4.69, 9.17) is 4.74 Å². The van der Waals surface area contributed by atoms with E-state index >= 15 is 0 Å². The molecule has 0 fully saturated rings. The van der Waals surface area contributed by atoms with Crippen molar-refractivity contribution in [2.45, 2.75) is 6.54 Å². The molecule has 7 nitrogen and oxygen atoms in total. The van der Waals surface area contributed by atoms with E-state index in [1.165, 1.54) is 6.07 Å². The Bertz CT molecular complexity index is 1030. The molecule has 0 saturated carbocycles. The lowest BCUT2D eigenvalue weighted by molar-refractivity contribution is -0.120. The molecule has 2 aromatic carbocycles. The Morgan fingerprint density at radius 2 is 1.78 bits per heavy atom. The molecule has 3 rings (SSSR count). The molecule has 0 bridgehead atoms. The lowest BCUT2D eigenvalue weighted by atomic mass is 10.1. The third-order valence-electron chi connectivity index (χ3n) is 4.05. The number of fused-ring (bicyclic) bond motifs is 1. The number of pyridine rings is 1. The molecule has 0 saturated heterocycles. The highest BCUT2D eigenvalue weighted by Gasteiger charge is 2.12. The van der Waals surface area contributed by atoms with Gasteiger partial charge in [0.05, 0.1) is 19.2 Å². The number of methoxy groups -OCH3 is 1. The largest absolute Gasteiger partial charge is 0.497 e. The number of hydrogen-bond acceptors (Lipinski definition) is 4. The molecule has 0 spiro atoms. The molecule has 0 radical (unpaired) electrons. The van der Waals surface area contributed by atoms with Crippen molar-refractivity contribution in [1.82, 2.24) is 15.6 Å². The summed E-state index contributed by atoms with van der Waals surface area (Å²) in [6, 6.07) is 15.5. The average molecular weight is 365 g/mol. The van der Waals surface area contributed by atoms with Gasteiger partial charge >= 0.3 is 0 Å². The summed E-state index contributed by atoms with van der Waals surface area (Å²) in [4.78, 5) is 38.8. The van der Waals surface area contributed by atoms with Gasteiger partial charge in [-0.25, -0.2) is 0 Å². The molecule has 0 aliphatic rings. The fourth-order valence-corrected chi connectivity index (χ4v) is 2.65. The van der Waals surface area contributed by atoms with Gasteiger partial charge in [-0.2, -0.15) is 0 Å². The van der Waals surface area contributed by atoms with Gasteiger partial charge in [-0.1, -0.05) is 30.3 Å². The van der Waals surface area contributed by atoms with Crippen molar-refractivity contribution in [2.75, 3.05) is 13.7 Å². The number of ether oxygens (including phenoxy) is 1. The highest BCUT2D eigenvalue weighted by Crippen LogP contribution is 2.14. The Morgan fingerprint density at radius 3 is 2.52 bits per heavy atom. The van der Waals surface area contributed by atoms with E-state index in [-0.39, 0.29) is 23.6 Å². The van der Waals surface area contributed by atoms with Gasteiger partial charge in [-0.05, 0) is 23.8 Å². The maximum Gasteiger partial charge on any atom is 0.252 e. The monoisotopic (exact) mass is 365 g/mol. The Hall–Kier alpha value is -3.61. The van der Waals surface area contributed by atoms with E-state index in [0.29, 0.717) is 17.4 Å². The van der Waals surface area contributed by atoms with Gasteiger partial charge in [0, 0.05) is 23.5 Å². The van der Waals surface area contributed by atoms with Crippen LogP contribution in [0.5, 0.6) is 5.75 Å². The second-order valence-electron chi connectivity index (χ2n) is 5.90. The smallest absolute Gasteiger partial charge is 0.252 e.